The van der Waals surface area contributed by atoms with E-state index in [1.165, 1.54) is 12.8 Å². The van der Waals surface area contributed by atoms with E-state index in [0.717, 1.165) is 32.4 Å². The minimum Gasteiger partial charge on any atom is -0.380 e. The molecule has 3 N–H and O–H groups in total. The molecule has 6 heteroatoms. The molecule has 0 spiro atoms. The smallest absolute Gasteiger partial charge is 0.0940 e. The number of methoxy groups -OCH3 is 1. The highest BCUT2D eigenvalue weighted by molar-refractivity contribution is 4.80. The number of ether oxygens (including phenoxy) is 2. The van der Waals surface area contributed by atoms with Crippen molar-refractivity contribution in [1.82, 2.24) is 10.4 Å². The molecule has 1 aliphatic heterocycles. The molecule has 6 nitrogen and oxygen atoms in total. The number of hydrogen-bond donors (Lipinski definition) is 2. The van der Waals surface area contributed by atoms with Gasteiger partial charge < -0.3 is 20.5 Å². The van der Waals surface area contributed by atoms with Gasteiger partial charge in [0.2, 0.25) is 0 Å². The third kappa shape index (κ3) is 7.89. The lowest BCUT2D eigenvalue weighted by Gasteiger charge is -2.31. The van der Waals surface area contributed by atoms with E-state index < -0.39 is 0 Å². The van der Waals surface area contributed by atoms with Crippen molar-refractivity contribution in [2.24, 2.45) is 17.6 Å². The highest BCUT2D eigenvalue weighted by atomic mass is 16.7. The lowest BCUT2D eigenvalue weighted by atomic mass is 9.93. The normalized spacial score (nSPS) is 23.5. The highest BCUT2D eigenvalue weighted by Crippen LogP contribution is 2.24. The summed E-state index contributed by atoms with van der Waals surface area (Å²) in [6.45, 7) is 9.47. The molecule has 0 aromatic rings. The van der Waals surface area contributed by atoms with Crippen LogP contribution in [0.1, 0.15) is 52.9 Å². The van der Waals surface area contributed by atoms with Crippen LogP contribution in [0.25, 0.3) is 0 Å². The summed E-state index contributed by atoms with van der Waals surface area (Å²) in [5.74, 6) is 1.08. The van der Waals surface area contributed by atoms with Gasteiger partial charge in [-0.25, -0.2) is 0 Å². The zero-order chi connectivity index (χ0) is 18.7. The van der Waals surface area contributed by atoms with Crippen molar-refractivity contribution in [3.05, 3.63) is 0 Å². The summed E-state index contributed by atoms with van der Waals surface area (Å²) in [6.07, 6.45) is 5.73. The zero-order valence-corrected chi connectivity index (χ0v) is 17.0. The van der Waals surface area contributed by atoms with Crippen molar-refractivity contribution in [3.63, 3.8) is 0 Å². The Morgan fingerprint density at radius 2 is 2.08 bits per heavy atom. The third-order valence-electron chi connectivity index (χ3n) is 5.47. The van der Waals surface area contributed by atoms with Crippen LogP contribution < -0.4 is 11.1 Å². The molecule has 1 saturated heterocycles. The SMILES string of the molecule is CC[C@H](C)C(NC)[C@@H](CCON1CCC[C@H]1C[C@@H](C)COCN)OC. The Morgan fingerprint density at radius 3 is 2.68 bits per heavy atom. The lowest BCUT2D eigenvalue weighted by molar-refractivity contribution is -0.178. The van der Waals surface area contributed by atoms with Crippen LogP contribution in [0.2, 0.25) is 0 Å². The van der Waals surface area contributed by atoms with Gasteiger partial charge >= 0.3 is 0 Å². The molecule has 0 aromatic carbocycles. The van der Waals surface area contributed by atoms with Gasteiger partial charge in [0.15, 0.2) is 0 Å². The second-order valence-corrected chi connectivity index (χ2v) is 7.41. The molecule has 1 unspecified atom stereocenters. The number of nitrogens with zero attached hydrogens (tertiary/aromatic N) is 1. The van der Waals surface area contributed by atoms with Crippen LogP contribution in [0.3, 0.4) is 0 Å². The summed E-state index contributed by atoms with van der Waals surface area (Å²) < 4.78 is 11.1. The molecule has 0 amide bonds. The topological polar surface area (TPSA) is 69.0 Å². The van der Waals surface area contributed by atoms with Crippen molar-refractivity contribution in [3.8, 4) is 0 Å². The molecule has 0 aromatic heterocycles. The Kier molecular flexibility index (Phi) is 11.9. The highest BCUT2D eigenvalue weighted by Gasteiger charge is 2.28. The van der Waals surface area contributed by atoms with Crippen molar-refractivity contribution in [1.29, 1.82) is 0 Å². The summed E-state index contributed by atoms with van der Waals surface area (Å²) in [4.78, 5) is 6.12. The van der Waals surface area contributed by atoms with Crippen molar-refractivity contribution in [2.45, 2.75) is 71.1 Å². The predicted octanol–water partition coefficient (Wildman–Crippen LogP) is 2.38. The van der Waals surface area contributed by atoms with Crippen LogP contribution in [-0.4, -0.2) is 63.9 Å². The van der Waals surface area contributed by atoms with Gasteiger partial charge in [-0.2, -0.15) is 5.06 Å². The molecule has 5 atom stereocenters. The van der Waals surface area contributed by atoms with Gasteiger partial charge in [0.05, 0.1) is 26.0 Å². The number of hydroxylamine groups is 2. The van der Waals surface area contributed by atoms with E-state index in [0.29, 0.717) is 37.3 Å². The van der Waals surface area contributed by atoms with Gasteiger partial charge in [-0.1, -0.05) is 27.2 Å². The summed E-state index contributed by atoms with van der Waals surface area (Å²) in [5.41, 5.74) is 5.41. The fourth-order valence-corrected chi connectivity index (χ4v) is 3.84. The standard InChI is InChI=1S/C19H41N3O3/c1-6-16(3)19(21-4)18(23-5)9-11-25-22-10-7-8-17(22)12-15(2)13-24-14-20/h15-19,21H,6-14,20H2,1-5H3/t15-,16+,17+,18-,19?/m1/s1. The van der Waals surface area contributed by atoms with Crippen LogP contribution in [0.5, 0.6) is 0 Å². The minimum absolute atomic E-state index is 0.179. The van der Waals surface area contributed by atoms with E-state index in [1.54, 1.807) is 7.11 Å². The molecular formula is C19H41N3O3. The Hall–Kier alpha value is -0.240. The first-order valence-corrected chi connectivity index (χ1v) is 9.94. The van der Waals surface area contributed by atoms with Crippen molar-refractivity contribution in [2.75, 3.05) is 40.6 Å². The first-order valence-electron chi connectivity index (χ1n) is 9.94. The summed E-state index contributed by atoms with van der Waals surface area (Å²) >= 11 is 0. The molecule has 0 bridgehead atoms. The summed E-state index contributed by atoms with van der Waals surface area (Å²) in [5, 5.41) is 5.60. The van der Waals surface area contributed by atoms with E-state index in [4.69, 9.17) is 20.0 Å². The first kappa shape index (κ1) is 22.8. The number of nitrogens with two attached hydrogens (primary N) is 1. The van der Waals surface area contributed by atoms with Crippen LogP contribution >= 0.6 is 0 Å². The lowest BCUT2D eigenvalue weighted by Crippen LogP contribution is -2.44. The number of hydrogen-bond acceptors (Lipinski definition) is 6. The van der Waals surface area contributed by atoms with Crippen molar-refractivity contribution >= 4 is 0 Å². The van der Waals surface area contributed by atoms with E-state index >= 15 is 0 Å². The Balaban J connectivity index is 2.39. The Bertz CT molecular complexity index is 333. The minimum atomic E-state index is 0.179. The van der Waals surface area contributed by atoms with Gasteiger partial charge in [0, 0.05) is 32.2 Å². The molecule has 150 valence electrons. The average Bonchev–Trinajstić information content (AvgIpc) is 3.05. The van der Waals surface area contributed by atoms with Crippen LogP contribution in [0.4, 0.5) is 0 Å². The van der Waals surface area contributed by atoms with Gasteiger partial charge in [-0.05, 0) is 38.1 Å². The zero-order valence-electron chi connectivity index (χ0n) is 17.0. The second kappa shape index (κ2) is 13.0. The van der Waals surface area contributed by atoms with E-state index in [1.807, 2.05) is 7.05 Å². The predicted molar refractivity (Wildman–Crippen MR) is 102 cm³/mol. The molecule has 1 fully saturated rings. The summed E-state index contributed by atoms with van der Waals surface area (Å²) in [6, 6.07) is 0.855. The van der Waals surface area contributed by atoms with Crippen LogP contribution in [-0.2, 0) is 14.3 Å². The quantitative estimate of drug-likeness (QED) is 0.464. The Morgan fingerprint density at radius 1 is 1.32 bits per heavy atom. The van der Waals surface area contributed by atoms with Crippen LogP contribution in [0, 0.1) is 11.8 Å². The fourth-order valence-electron chi connectivity index (χ4n) is 3.84. The van der Waals surface area contributed by atoms with Gasteiger partial charge in [0.25, 0.3) is 0 Å². The number of rotatable bonds is 14. The molecule has 1 heterocycles. The van der Waals surface area contributed by atoms with E-state index in [-0.39, 0.29) is 6.10 Å². The monoisotopic (exact) mass is 359 g/mol. The number of nitrogens with one attached hydrogen (secondary N) is 1. The molecule has 1 aliphatic rings. The third-order valence-corrected chi connectivity index (χ3v) is 5.47. The maximum absolute atomic E-state index is 6.12. The van der Waals surface area contributed by atoms with Gasteiger partial charge in [-0.3, -0.25) is 4.84 Å². The number of likely N-dealkylation sites (N-methyl/N-ethyl adjacent to an activating group) is 1. The molecule has 0 radical (unpaired) electrons. The average molecular weight is 360 g/mol. The first-order chi connectivity index (χ1) is 12.1. The molecule has 25 heavy (non-hydrogen) atoms. The van der Waals surface area contributed by atoms with E-state index in [2.05, 4.69) is 31.2 Å². The largest absolute Gasteiger partial charge is 0.380 e. The van der Waals surface area contributed by atoms with E-state index in [9.17, 15) is 0 Å². The van der Waals surface area contributed by atoms with Crippen LogP contribution in [0.15, 0.2) is 0 Å². The van der Waals surface area contributed by atoms with Gasteiger partial charge in [0.1, 0.15) is 0 Å². The Labute approximate surface area is 154 Å². The van der Waals surface area contributed by atoms with Crippen molar-refractivity contribution < 1.29 is 14.3 Å². The fraction of sp³-hybridized carbons (Fsp3) is 1.00. The summed E-state index contributed by atoms with van der Waals surface area (Å²) in [7, 11) is 3.82. The second-order valence-electron chi connectivity index (χ2n) is 7.41. The van der Waals surface area contributed by atoms with Gasteiger partial charge in [-0.15, -0.1) is 0 Å². The molecular weight excluding hydrogens is 318 g/mol. The molecule has 0 saturated carbocycles. The maximum Gasteiger partial charge on any atom is 0.0940 e. The molecule has 0 aliphatic carbocycles. The molecule has 1 rings (SSSR count). The maximum atomic E-state index is 6.12.